The van der Waals surface area contributed by atoms with Gasteiger partial charge in [-0.15, -0.1) is 0 Å². The lowest BCUT2D eigenvalue weighted by atomic mass is 10.1. The van der Waals surface area contributed by atoms with Crippen LogP contribution in [0, 0.1) is 6.92 Å². The molecule has 0 spiro atoms. The second-order valence-electron chi connectivity index (χ2n) is 6.76. The van der Waals surface area contributed by atoms with Crippen molar-refractivity contribution in [1.82, 2.24) is 10.2 Å². The zero-order valence-corrected chi connectivity index (χ0v) is 18.1. The molecule has 0 radical (unpaired) electrons. The largest absolute Gasteiger partial charge is 0.491 e. The molecule has 8 nitrogen and oxygen atoms in total. The van der Waals surface area contributed by atoms with Crippen LogP contribution in [0.3, 0.4) is 0 Å². The first-order chi connectivity index (χ1) is 14.8. The zero-order chi connectivity index (χ0) is 22.5. The van der Waals surface area contributed by atoms with Gasteiger partial charge in [0.1, 0.15) is 12.2 Å². The number of hydrogen-bond donors (Lipinski definition) is 2. The Morgan fingerprint density at radius 3 is 2.71 bits per heavy atom. The van der Waals surface area contributed by atoms with E-state index < -0.39 is 24.4 Å². The van der Waals surface area contributed by atoms with Gasteiger partial charge >= 0.3 is 6.03 Å². The van der Waals surface area contributed by atoms with E-state index in [1.807, 2.05) is 19.9 Å². The average molecular weight is 444 g/mol. The number of anilines is 1. The number of rotatable bonds is 7. The van der Waals surface area contributed by atoms with Gasteiger partial charge in [0.05, 0.1) is 18.7 Å². The van der Waals surface area contributed by atoms with E-state index in [9.17, 15) is 14.4 Å². The Labute approximate surface area is 184 Å². The molecule has 0 aromatic heterocycles. The van der Waals surface area contributed by atoms with Gasteiger partial charge in [-0.1, -0.05) is 23.7 Å². The van der Waals surface area contributed by atoms with Crippen LogP contribution in [-0.2, 0) is 9.59 Å². The SMILES string of the molecule is CCOc1cc(C=C2NC(=O)N(CC(=O)Nc3cccc(C)c3)C2=O)cc(Cl)c1OC. The molecule has 1 saturated heterocycles. The highest BCUT2D eigenvalue weighted by molar-refractivity contribution is 6.32. The van der Waals surface area contributed by atoms with E-state index in [1.165, 1.54) is 13.2 Å². The molecule has 4 amide bonds. The van der Waals surface area contributed by atoms with Crippen LogP contribution in [0.1, 0.15) is 18.1 Å². The molecule has 9 heteroatoms. The number of imide groups is 1. The smallest absolute Gasteiger partial charge is 0.329 e. The third kappa shape index (κ3) is 5.16. The minimum atomic E-state index is -0.680. The molecule has 0 unspecified atom stereocenters. The normalized spacial score (nSPS) is 14.6. The van der Waals surface area contributed by atoms with E-state index >= 15 is 0 Å². The molecule has 1 heterocycles. The Bertz CT molecular complexity index is 1070. The summed E-state index contributed by atoms with van der Waals surface area (Å²) < 4.78 is 10.8. The molecule has 0 aliphatic carbocycles. The van der Waals surface area contributed by atoms with Crippen molar-refractivity contribution < 1.29 is 23.9 Å². The van der Waals surface area contributed by atoms with Crippen molar-refractivity contribution in [1.29, 1.82) is 0 Å². The van der Waals surface area contributed by atoms with Gasteiger partial charge in [-0.05, 0) is 55.3 Å². The molecule has 162 valence electrons. The summed E-state index contributed by atoms with van der Waals surface area (Å²) in [6.45, 7) is 3.70. The van der Waals surface area contributed by atoms with Gasteiger partial charge in [0.15, 0.2) is 11.5 Å². The molecule has 3 rings (SSSR count). The van der Waals surface area contributed by atoms with Crippen molar-refractivity contribution >= 4 is 41.2 Å². The Morgan fingerprint density at radius 2 is 2.03 bits per heavy atom. The fraction of sp³-hybridized carbons (Fsp3) is 0.227. The van der Waals surface area contributed by atoms with Crippen LogP contribution >= 0.6 is 11.6 Å². The monoisotopic (exact) mass is 443 g/mol. The van der Waals surface area contributed by atoms with E-state index in [0.717, 1.165) is 10.5 Å². The first-order valence-electron chi connectivity index (χ1n) is 9.53. The topological polar surface area (TPSA) is 97.0 Å². The van der Waals surface area contributed by atoms with Crippen LogP contribution in [0.4, 0.5) is 10.5 Å². The lowest BCUT2D eigenvalue weighted by molar-refractivity contribution is -0.127. The maximum absolute atomic E-state index is 12.7. The second-order valence-corrected chi connectivity index (χ2v) is 7.17. The van der Waals surface area contributed by atoms with Crippen LogP contribution in [-0.4, -0.2) is 43.0 Å². The summed E-state index contributed by atoms with van der Waals surface area (Å²) in [6, 6.07) is 9.77. The minimum Gasteiger partial charge on any atom is -0.491 e. The average Bonchev–Trinajstić information content (AvgIpc) is 2.95. The van der Waals surface area contributed by atoms with Gasteiger partial charge < -0.3 is 20.1 Å². The number of methoxy groups -OCH3 is 1. The standard InChI is InChI=1S/C22H22ClN3O5/c1-4-31-18-11-14(9-16(23)20(18)30-3)10-17-21(28)26(22(29)25-17)12-19(27)24-15-7-5-6-13(2)8-15/h5-11H,4,12H2,1-3H3,(H,24,27)(H,25,29). The Morgan fingerprint density at radius 1 is 1.26 bits per heavy atom. The summed E-state index contributed by atoms with van der Waals surface area (Å²) in [6.07, 6.45) is 1.46. The number of amides is 4. The Kier molecular flexibility index (Phi) is 6.81. The summed E-state index contributed by atoms with van der Waals surface area (Å²) in [5, 5.41) is 5.46. The van der Waals surface area contributed by atoms with Crippen LogP contribution < -0.4 is 20.1 Å². The molecular weight excluding hydrogens is 422 g/mol. The Balaban J connectivity index is 1.76. The van der Waals surface area contributed by atoms with Crippen LogP contribution in [0.15, 0.2) is 42.1 Å². The van der Waals surface area contributed by atoms with Gasteiger partial charge in [0.25, 0.3) is 5.91 Å². The fourth-order valence-electron chi connectivity index (χ4n) is 3.08. The first-order valence-corrected chi connectivity index (χ1v) is 9.91. The summed E-state index contributed by atoms with van der Waals surface area (Å²) in [5.41, 5.74) is 2.12. The van der Waals surface area contributed by atoms with E-state index in [1.54, 1.807) is 30.3 Å². The van der Waals surface area contributed by atoms with Crippen molar-refractivity contribution in [2.45, 2.75) is 13.8 Å². The van der Waals surface area contributed by atoms with Crippen LogP contribution in [0.5, 0.6) is 11.5 Å². The number of nitrogens with one attached hydrogen (secondary N) is 2. The third-order valence-corrected chi connectivity index (χ3v) is 4.69. The molecule has 1 aliphatic rings. The molecule has 2 aromatic rings. The van der Waals surface area contributed by atoms with E-state index in [-0.39, 0.29) is 5.70 Å². The summed E-state index contributed by atoms with van der Waals surface area (Å²) in [5.74, 6) is -0.312. The molecular formula is C22H22ClN3O5. The number of carbonyl (C=O) groups is 3. The van der Waals surface area contributed by atoms with Crippen LogP contribution in [0.2, 0.25) is 5.02 Å². The van der Waals surface area contributed by atoms with Gasteiger partial charge in [-0.25, -0.2) is 9.69 Å². The maximum Gasteiger partial charge on any atom is 0.329 e. The number of carbonyl (C=O) groups excluding carboxylic acids is 3. The van der Waals surface area contributed by atoms with Crippen molar-refractivity contribution in [2.24, 2.45) is 0 Å². The highest BCUT2D eigenvalue weighted by atomic mass is 35.5. The maximum atomic E-state index is 12.7. The quantitative estimate of drug-likeness (QED) is 0.503. The van der Waals surface area contributed by atoms with Crippen molar-refractivity contribution in [2.75, 3.05) is 25.6 Å². The third-order valence-electron chi connectivity index (χ3n) is 4.41. The summed E-state index contributed by atoms with van der Waals surface area (Å²) in [7, 11) is 1.47. The van der Waals surface area contributed by atoms with E-state index in [2.05, 4.69) is 10.6 Å². The van der Waals surface area contributed by atoms with E-state index in [4.69, 9.17) is 21.1 Å². The lowest BCUT2D eigenvalue weighted by Gasteiger charge is -2.12. The number of nitrogens with zero attached hydrogens (tertiary/aromatic N) is 1. The molecule has 0 saturated carbocycles. The number of hydrogen-bond acceptors (Lipinski definition) is 5. The fourth-order valence-corrected chi connectivity index (χ4v) is 3.38. The number of aryl methyl sites for hydroxylation is 1. The summed E-state index contributed by atoms with van der Waals surface area (Å²) >= 11 is 6.24. The van der Waals surface area contributed by atoms with Gasteiger partial charge in [-0.2, -0.15) is 0 Å². The zero-order valence-electron chi connectivity index (χ0n) is 17.3. The van der Waals surface area contributed by atoms with Gasteiger partial charge in [0, 0.05) is 5.69 Å². The lowest BCUT2D eigenvalue weighted by Crippen LogP contribution is -2.38. The Hall–Kier alpha value is -3.52. The highest BCUT2D eigenvalue weighted by Crippen LogP contribution is 2.37. The van der Waals surface area contributed by atoms with Crippen LogP contribution in [0.25, 0.3) is 6.08 Å². The molecule has 0 atom stereocenters. The predicted octanol–water partition coefficient (Wildman–Crippen LogP) is 3.59. The van der Waals surface area contributed by atoms with Gasteiger partial charge in [-0.3, -0.25) is 9.59 Å². The molecule has 0 bridgehead atoms. The van der Waals surface area contributed by atoms with E-state index in [0.29, 0.717) is 34.4 Å². The molecule has 31 heavy (non-hydrogen) atoms. The predicted molar refractivity (Wildman–Crippen MR) is 117 cm³/mol. The molecule has 2 N–H and O–H groups in total. The number of benzene rings is 2. The van der Waals surface area contributed by atoms with Crippen molar-refractivity contribution in [3.63, 3.8) is 0 Å². The minimum absolute atomic E-state index is 0.0250. The number of halogens is 1. The van der Waals surface area contributed by atoms with Crippen molar-refractivity contribution in [3.05, 3.63) is 58.2 Å². The molecule has 1 aliphatic heterocycles. The second kappa shape index (κ2) is 9.53. The van der Waals surface area contributed by atoms with Gasteiger partial charge in [0.2, 0.25) is 5.91 Å². The van der Waals surface area contributed by atoms with Crippen molar-refractivity contribution in [3.8, 4) is 11.5 Å². The molecule has 2 aromatic carbocycles. The summed E-state index contributed by atoms with van der Waals surface area (Å²) in [4.78, 5) is 38.1. The molecule has 1 fully saturated rings. The number of urea groups is 1. The number of ether oxygens (including phenoxy) is 2. The highest BCUT2D eigenvalue weighted by Gasteiger charge is 2.35. The first kappa shape index (κ1) is 22.2.